The van der Waals surface area contributed by atoms with Crippen LogP contribution in [0.5, 0.6) is 0 Å². The third-order valence-electron chi connectivity index (χ3n) is 5.24. The highest BCUT2D eigenvalue weighted by Crippen LogP contribution is 2.31. The number of dihydropyridines is 1. The Morgan fingerprint density at radius 3 is 2.62 bits per heavy atom. The molecule has 0 radical (unpaired) electrons. The number of anilines is 1. The zero-order valence-electron chi connectivity index (χ0n) is 16.7. The van der Waals surface area contributed by atoms with Crippen molar-refractivity contribution in [1.82, 2.24) is 15.5 Å². The first-order valence-corrected chi connectivity index (χ1v) is 9.86. The maximum atomic E-state index is 12.6. The molecule has 3 N–H and O–H groups in total. The summed E-state index contributed by atoms with van der Waals surface area (Å²) in [7, 11) is 0. The molecule has 1 aromatic carbocycles. The zero-order chi connectivity index (χ0) is 20.4. The number of allylic oxidation sites excluding steroid dienone is 1. The molecule has 0 atom stereocenters. The lowest BCUT2D eigenvalue weighted by atomic mass is 9.87. The van der Waals surface area contributed by atoms with Crippen molar-refractivity contribution in [3.8, 4) is 0 Å². The van der Waals surface area contributed by atoms with Gasteiger partial charge in [-0.05, 0) is 40.8 Å². The SMILES string of the molecule is CC(C)CC(=O)NC1(c2ccc(NC(=O)N3C=C4C=CNC=C4C3)cc2)COC1. The second kappa shape index (κ2) is 7.75. The molecule has 0 saturated carbocycles. The molecule has 3 amide bonds. The lowest BCUT2D eigenvalue weighted by molar-refractivity contribution is -0.134. The molecule has 7 heteroatoms. The van der Waals surface area contributed by atoms with Crippen molar-refractivity contribution in [1.29, 1.82) is 0 Å². The van der Waals surface area contributed by atoms with Crippen LogP contribution in [0.4, 0.5) is 10.5 Å². The van der Waals surface area contributed by atoms with E-state index in [0.717, 1.165) is 16.7 Å². The topological polar surface area (TPSA) is 82.7 Å². The number of benzene rings is 1. The third kappa shape index (κ3) is 4.05. The van der Waals surface area contributed by atoms with Crippen LogP contribution in [0.3, 0.4) is 0 Å². The largest absolute Gasteiger partial charge is 0.376 e. The number of urea groups is 1. The smallest absolute Gasteiger partial charge is 0.326 e. The minimum atomic E-state index is -0.477. The van der Waals surface area contributed by atoms with Gasteiger partial charge >= 0.3 is 6.03 Å². The van der Waals surface area contributed by atoms with E-state index in [0.29, 0.717) is 37.8 Å². The van der Waals surface area contributed by atoms with E-state index >= 15 is 0 Å². The van der Waals surface area contributed by atoms with Gasteiger partial charge in [-0.2, -0.15) is 0 Å². The standard InChI is InChI=1S/C22H26N4O3/c1-15(2)9-20(27)25-22(13-29-14-22)18-3-5-19(6-4-18)24-21(28)26-11-16-7-8-23-10-17(16)12-26/h3-8,10-11,15,23H,9,12-14H2,1-2H3,(H,24,28)(H,25,27). The van der Waals surface area contributed by atoms with Crippen LogP contribution in [0.2, 0.25) is 0 Å². The number of hydrogen-bond acceptors (Lipinski definition) is 4. The van der Waals surface area contributed by atoms with Gasteiger partial charge in [0, 0.05) is 30.7 Å². The predicted molar refractivity (Wildman–Crippen MR) is 111 cm³/mol. The maximum Gasteiger partial charge on any atom is 0.326 e. The number of hydrogen-bond donors (Lipinski definition) is 3. The van der Waals surface area contributed by atoms with Gasteiger partial charge in [-0.25, -0.2) is 4.79 Å². The molecule has 0 bridgehead atoms. The van der Waals surface area contributed by atoms with Gasteiger partial charge in [0.1, 0.15) is 5.54 Å². The molecule has 1 fully saturated rings. The summed E-state index contributed by atoms with van der Waals surface area (Å²) in [6, 6.07) is 7.41. The van der Waals surface area contributed by atoms with Gasteiger partial charge in [-0.15, -0.1) is 0 Å². The number of nitrogens with one attached hydrogen (secondary N) is 3. The first kappa shape index (κ1) is 19.3. The third-order valence-corrected chi connectivity index (χ3v) is 5.24. The lowest BCUT2D eigenvalue weighted by Crippen LogP contribution is -2.59. The maximum absolute atomic E-state index is 12.6. The fourth-order valence-electron chi connectivity index (χ4n) is 3.64. The van der Waals surface area contributed by atoms with Crippen LogP contribution in [0.25, 0.3) is 0 Å². The van der Waals surface area contributed by atoms with Gasteiger partial charge in [0.2, 0.25) is 5.91 Å². The molecule has 0 aliphatic carbocycles. The summed E-state index contributed by atoms with van der Waals surface area (Å²) in [5.74, 6) is 0.333. The van der Waals surface area contributed by atoms with Gasteiger partial charge in [0.15, 0.2) is 0 Å². The Kier molecular flexibility index (Phi) is 5.15. The van der Waals surface area contributed by atoms with E-state index in [1.807, 2.05) is 62.8 Å². The number of carbonyl (C=O) groups excluding carboxylic acids is 2. The first-order valence-electron chi connectivity index (χ1n) is 9.86. The normalized spacial score (nSPS) is 18.9. The fraction of sp³-hybridized carbons (Fsp3) is 0.364. The molecule has 152 valence electrons. The van der Waals surface area contributed by atoms with Crippen molar-refractivity contribution in [3.05, 3.63) is 65.7 Å². The van der Waals surface area contributed by atoms with Crippen molar-refractivity contribution in [2.24, 2.45) is 5.92 Å². The van der Waals surface area contributed by atoms with E-state index in [2.05, 4.69) is 16.0 Å². The summed E-state index contributed by atoms with van der Waals surface area (Å²) < 4.78 is 5.39. The molecule has 29 heavy (non-hydrogen) atoms. The minimum Gasteiger partial charge on any atom is -0.376 e. The number of nitrogens with zero attached hydrogens (tertiary/aromatic N) is 1. The molecular formula is C22H26N4O3. The Morgan fingerprint density at radius 2 is 2.00 bits per heavy atom. The molecule has 3 aliphatic heterocycles. The average molecular weight is 394 g/mol. The molecule has 0 unspecified atom stereocenters. The molecule has 1 aromatic rings. The van der Waals surface area contributed by atoms with Crippen LogP contribution in [0.1, 0.15) is 25.8 Å². The average Bonchev–Trinajstić information content (AvgIpc) is 3.09. The zero-order valence-corrected chi connectivity index (χ0v) is 16.7. The lowest BCUT2D eigenvalue weighted by Gasteiger charge is -2.42. The van der Waals surface area contributed by atoms with Crippen molar-refractivity contribution >= 4 is 17.6 Å². The summed E-state index contributed by atoms with van der Waals surface area (Å²) in [5, 5.41) is 9.09. The van der Waals surface area contributed by atoms with Crippen molar-refractivity contribution in [2.75, 3.05) is 25.1 Å². The number of carbonyl (C=O) groups is 2. The molecule has 0 spiro atoms. The fourth-order valence-corrected chi connectivity index (χ4v) is 3.64. The molecule has 0 aromatic heterocycles. The highest BCUT2D eigenvalue weighted by molar-refractivity contribution is 5.91. The number of ether oxygens (including phenoxy) is 1. The minimum absolute atomic E-state index is 0.0297. The molecule has 1 saturated heterocycles. The first-order chi connectivity index (χ1) is 13.9. The summed E-state index contributed by atoms with van der Waals surface area (Å²) in [5.41, 5.74) is 3.34. The second-order valence-corrected chi connectivity index (χ2v) is 8.11. The Labute approximate surface area is 170 Å². The Hall–Kier alpha value is -3.06. The van der Waals surface area contributed by atoms with E-state index < -0.39 is 5.54 Å². The van der Waals surface area contributed by atoms with Crippen LogP contribution < -0.4 is 16.0 Å². The Bertz CT molecular complexity index is 895. The van der Waals surface area contributed by atoms with Crippen LogP contribution in [0.15, 0.2) is 60.1 Å². The predicted octanol–water partition coefficient (Wildman–Crippen LogP) is 2.81. The van der Waals surface area contributed by atoms with E-state index in [9.17, 15) is 9.59 Å². The highest BCUT2D eigenvalue weighted by atomic mass is 16.5. The quantitative estimate of drug-likeness (QED) is 0.717. The van der Waals surface area contributed by atoms with Crippen LogP contribution in [-0.4, -0.2) is 36.6 Å². The summed E-state index contributed by atoms with van der Waals surface area (Å²) >= 11 is 0. The summed E-state index contributed by atoms with van der Waals surface area (Å²) in [4.78, 5) is 26.5. The van der Waals surface area contributed by atoms with Gasteiger partial charge in [0.25, 0.3) is 0 Å². The van der Waals surface area contributed by atoms with Crippen molar-refractivity contribution in [3.63, 3.8) is 0 Å². The van der Waals surface area contributed by atoms with E-state index in [1.165, 1.54) is 0 Å². The highest BCUT2D eigenvalue weighted by Gasteiger charge is 2.41. The Balaban J connectivity index is 1.40. The summed E-state index contributed by atoms with van der Waals surface area (Å²) in [6.45, 7) is 5.51. The van der Waals surface area contributed by atoms with E-state index in [1.54, 1.807) is 4.90 Å². The molecule has 4 rings (SSSR count). The van der Waals surface area contributed by atoms with Crippen molar-refractivity contribution in [2.45, 2.75) is 25.8 Å². The molecule has 7 nitrogen and oxygen atoms in total. The molecule has 3 heterocycles. The summed E-state index contributed by atoms with van der Waals surface area (Å²) in [6.07, 6.45) is 8.03. The van der Waals surface area contributed by atoms with Crippen LogP contribution >= 0.6 is 0 Å². The van der Waals surface area contributed by atoms with Gasteiger partial charge in [0.05, 0.1) is 19.8 Å². The monoisotopic (exact) mass is 394 g/mol. The van der Waals surface area contributed by atoms with Gasteiger partial charge < -0.3 is 20.7 Å². The number of fused-ring (bicyclic) bond motifs is 1. The van der Waals surface area contributed by atoms with Gasteiger partial charge in [-0.1, -0.05) is 26.0 Å². The second-order valence-electron chi connectivity index (χ2n) is 8.11. The van der Waals surface area contributed by atoms with E-state index in [4.69, 9.17) is 4.74 Å². The Morgan fingerprint density at radius 1 is 1.24 bits per heavy atom. The van der Waals surface area contributed by atoms with Crippen LogP contribution in [0, 0.1) is 5.92 Å². The molecular weight excluding hydrogens is 368 g/mol. The number of amides is 3. The number of rotatable bonds is 5. The molecule has 3 aliphatic rings. The van der Waals surface area contributed by atoms with Crippen molar-refractivity contribution < 1.29 is 14.3 Å². The van der Waals surface area contributed by atoms with Crippen LogP contribution in [-0.2, 0) is 15.1 Å². The van der Waals surface area contributed by atoms with E-state index in [-0.39, 0.29) is 11.9 Å². The van der Waals surface area contributed by atoms with Gasteiger partial charge in [-0.3, -0.25) is 9.69 Å².